The number of aromatic amines is 1. The maximum Gasteiger partial charge on any atom is 0.417 e. The first-order valence-electron chi connectivity index (χ1n) is 15.6. The molecule has 0 amide bonds. The summed E-state index contributed by atoms with van der Waals surface area (Å²) in [5.74, 6) is -5.56. The summed E-state index contributed by atoms with van der Waals surface area (Å²) in [5, 5.41) is 12.6. The van der Waals surface area contributed by atoms with Gasteiger partial charge in [-0.15, -0.1) is 0 Å². The predicted molar refractivity (Wildman–Crippen MR) is 163 cm³/mol. The molecule has 3 atom stereocenters. The molecule has 258 valence electrons. The Morgan fingerprint density at radius 1 is 1.12 bits per heavy atom. The molecular weight excluding hydrogens is 647 g/mol. The molecule has 4 heterocycles. The number of ether oxygens (including phenoxy) is 2. The average molecular weight is 682 g/mol. The van der Waals surface area contributed by atoms with Crippen molar-refractivity contribution in [2.75, 3.05) is 51.4 Å². The largest absolute Gasteiger partial charge is 0.463 e. The lowest BCUT2D eigenvalue weighted by Gasteiger charge is -2.40. The molecule has 9 nitrogen and oxygen atoms in total. The number of hydrogen-bond acceptors (Lipinski definition) is 8. The molecule has 3 fully saturated rings. The van der Waals surface area contributed by atoms with E-state index < -0.39 is 70.4 Å². The normalized spacial score (nSPS) is 25.0. The van der Waals surface area contributed by atoms with Gasteiger partial charge in [0.1, 0.15) is 23.8 Å². The van der Waals surface area contributed by atoms with Crippen molar-refractivity contribution in [2.45, 2.75) is 56.8 Å². The number of alkyl halides is 5. The smallest absolute Gasteiger partial charge is 0.417 e. The first kappa shape index (κ1) is 32.8. The Kier molecular flexibility index (Phi) is 7.79. The molecule has 48 heavy (non-hydrogen) atoms. The van der Waals surface area contributed by atoms with Gasteiger partial charge in [-0.2, -0.15) is 28.2 Å². The minimum atomic E-state index is -4.97. The van der Waals surface area contributed by atoms with E-state index in [1.807, 2.05) is 11.8 Å². The number of fused-ring (bicyclic) bond motifs is 4. The van der Waals surface area contributed by atoms with Gasteiger partial charge in [-0.05, 0) is 44.4 Å². The van der Waals surface area contributed by atoms with Crippen LogP contribution in [0.15, 0.2) is 18.3 Å². The van der Waals surface area contributed by atoms with E-state index in [1.54, 1.807) is 0 Å². The second kappa shape index (κ2) is 11.4. The van der Waals surface area contributed by atoms with Gasteiger partial charge in [-0.3, -0.25) is 5.10 Å². The first-order valence-corrected chi connectivity index (χ1v) is 15.6. The Morgan fingerprint density at radius 2 is 1.90 bits per heavy atom. The molecule has 2 aliphatic heterocycles. The van der Waals surface area contributed by atoms with Crippen molar-refractivity contribution in [2.24, 2.45) is 5.41 Å². The van der Waals surface area contributed by atoms with Gasteiger partial charge < -0.3 is 25.0 Å². The number of halogens is 7. The Morgan fingerprint density at radius 3 is 2.58 bits per heavy atom. The van der Waals surface area contributed by atoms with Gasteiger partial charge in [0.15, 0.2) is 5.82 Å². The Labute approximate surface area is 270 Å². The van der Waals surface area contributed by atoms with Crippen molar-refractivity contribution in [3.05, 3.63) is 41.1 Å². The number of hydrogen-bond donors (Lipinski definition) is 3. The van der Waals surface area contributed by atoms with Crippen LogP contribution >= 0.6 is 0 Å². The monoisotopic (exact) mass is 681 g/mol. The fourth-order valence-electron chi connectivity index (χ4n) is 7.34. The van der Waals surface area contributed by atoms with Gasteiger partial charge in [-0.25, -0.2) is 17.6 Å². The number of rotatable bonds is 10. The van der Waals surface area contributed by atoms with Crippen LogP contribution in [0.3, 0.4) is 0 Å². The molecule has 16 heteroatoms. The van der Waals surface area contributed by atoms with E-state index in [-0.39, 0.29) is 45.8 Å². The Hall–Kier alpha value is -3.76. The zero-order valence-electron chi connectivity index (χ0n) is 26.4. The lowest BCUT2D eigenvalue weighted by atomic mass is 9.90. The van der Waals surface area contributed by atoms with Crippen LogP contribution in [-0.2, 0) is 10.9 Å². The molecule has 1 aliphatic carbocycles. The second-order valence-electron chi connectivity index (χ2n) is 13.5. The number of piperazine rings is 1. The van der Waals surface area contributed by atoms with Crippen LogP contribution in [0.5, 0.6) is 6.01 Å². The van der Waals surface area contributed by atoms with Crippen molar-refractivity contribution in [3.8, 4) is 17.1 Å². The van der Waals surface area contributed by atoms with Gasteiger partial charge >= 0.3 is 12.2 Å². The Bertz CT molecular complexity index is 1900. The highest BCUT2D eigenvalue weighted by atomic mass is 19.4. The fraction of sp³-hybridized carbons (Fsp3) is 0.531. The zero-order valence-corrected chi connectivity index (χ0v) is 26.4. The zero-order chi connectivity index (χ0) is 34.2. The van der Waals surface area contributed by atoms with Crippen LogP contribution in [0.1, 0.15) is 37.3 Å². The van der Waals surface area contributed by atoms with Crippen LogP contribution in [0.2, 0.25) is 0 Å². The number of benzene rings is 2. The highest BCUT2D eigenvalue weighted by Gasteiger charge is 2.71. The molecule has 2 aromatic heterocycles. The highest BCUT2D eigenvalue weighted by Crippen LogP contribution is 2.60. The molecular formula is C32H34F7N7O2. The number of methoxy groups -OCH3 is 1. The van der Waals surface area contributed by atoms with E-state index in [0.29, 0.717) is 26.2 Å². The molecule has 1 saturated carbocycles. The first-order chi connectivity index (χ1) is 22.7. The van der Waals surface area contributed by atoms with Gasteiger partial charge in [0.05, 0.1) is 34.9 Å². The van der Waals surface area contributed by atoms with Crippen LogP contribution < -0.4 is 20.3 Å². The molecule has 3 aliphatic rings. The number of nitrogens with zero attached hydrogens (tertiary/aromatic N) is 4. The molecule has 2 bridgehead atoms. The van der Waals surface area contributed by atoms with Crippen molar-refractivity contribution >= 4 is 27.6 Å². The number of H-pyrrole nitrogens is 1. The molecule has 0 radical (unpaired) electrons. The summed E-state index contributed by atoms with van der Waals surface area (Å²) in [4.78, 5) is 10.5. The maximum atomic E-state index is 16.8. The van der Waals surface area contributed by atoms with Gasteiger partial charge in [0.2, 0.25) is 0 Å². The number of aromatic nitrogens is 4. The van der Waals surface area contributed by atoms with Crippen LogP contribution in [0, 0.1) is 24.0 Å². The second-order valence-corrected chi connectivity index (χ2v) is 13.5. The molecule has 2 saturated heterocycles. The summed E-state index contributed by atoms with van der Waals surface area (Å²) in [6.07, 6.45) is -2.66. The summed E-state index contributed by atoms with van der Waals surface area (Å²) in [7, 11) is 1.49. The summed E-state index contributed by atoms with van der Waals surface area (Å²) in [6, 6.07) is 1.75. The maximum absolute atomic E-state index is 16.8. The van der Waals surface area contributed by atoms with E-state index in [2.05, 4.69) is 30.8 Å². The molecule has 7 rings (SSSR count). The summed E-state index contributed by atoms with van der Waals surface area (Å²) in [5.41, 5.74) is -5.40. The lowest BCUT2D eigenvalue weighted by molar-refractivity contribution is -0.137. The minimum Gasteiger partial charge on any atom is -0.463 e. The molecule has 0 unspecified atom stereocenters. The van der Waals surface area contributed by atoms with Crippen molar-refractivity contribution in [3.63, 3.8) is 0 Å². The Balaban J connectivity index is 1.38. The fourth-order valence-corrected chi connectivity index (χ4v) is 7.34. The number of anilines is 1. The third-order valence-electron chi connectivity index (χ3n) is 9.83. The van der Waals surface area contributed by atoms with E-state index in [9.17, 15) is 22.0 Å². The lowest BCUT2D eigenvalue weighted by Crippen LogP contribution is -2.58. The summed E-state index contributed by atoms with van der Waals surface area (Å²) in [6.45, 7) is 4.05. The topological polar surface area (TPSA) is 100 Å². The minimum absolute atomic E-state index is 0.0507. The highest BCUT2D eigenvalue weighted by molar-refractivity contribution is 6.01. The molecule has 2 aromatic carbocycles. The van der Waals surface area contributed by atoms with Crippen LogP contribution in [0.4, 0.5) is 36.6 Å². The van der Waals surface area contributed by atoms with Crippen molar-refractivity contribution in [1.29, 1.82) is 0 Å². The van der Waals surface area contributed by atoms with Crippen molar-refractivity contribution < 1.29 is 40.2 Å². The van der Waals surface area contributed by atoms with Crippen LogP contribution in [0.25, 0.3) is 32.9 Å². The number of nitrogens with one attached hydrogen (secondary N) is 3. The van der Waals surface area contributed by atoms with E-state index >= 15 is 8.78 Å². The average Bonchev–Trinajstić information content (AvgIpc) is 3.25. The number of aryl methyl sites for hydroxylation is 1. The molecule has 0 spiro atoms. The standard InChI is InChI=1S/C32H34F7N7O2/c1-16-8-21-19(10-41-45-21)22(24(16)32(37,38)39)23-20(33)9-18-26(25(23)34)42-28(43-27(18)46-11-17-4-5-29(2,14-46)44-17)48-15-30(12-31(30,35)36)13-40-6-7-47-3/h8-10,17,40,44H,4-7,11-15H2,1-3H3,(H,41,45)/t17-,29+,30-/m1/s1. The predicted octanol–water partition coefficient (Wildman–Crippen LogP) is 5.75. The van der Waals surface area contributed by atoms with Crippen LogP contribution in [-0.4, -0.2) is 84.2 Å². The quantitative estimate of drug-likeness (QED) is 0.144. The third kappa shape index (κ3) is 5.50. The molecule has 3 N–H and O–H groups in total. The van der Waals surface area contributed by atoms with Gasteiger partial charge in [0.25, 0.3) is 5.92 Å². The molecule has 4 aromatic rings. The van der Waals surface area contributed by atoms with E-state index in [4.69, 9.17) is 9.47 Å². The van der Waals surface area contributed by atoms with Gasteiger partial charge in [-0.1, -0.05) is 0 Å². The van der Waals surface area contributed by atoms with E-state index in [0.717, 1.165) is 25.1 Å². The summed E-state index contributed by atoms with van der Waals surface area (Å²) < 4.78 is 117. The van der Waals surface area contributed by atoms with E-state index in [1.165, 1.54) is 20.1 Å². The van der Waals surface area contributed by atoms with Gasteiger partial charge in [0, 0.05) is 67.6 Å². The summed E-state index contributed by atoms with van der Waals surface area (Å²) >= 11 is 0. The van der Waals surface area contributed by atoms with Crippen molar-refractivity contribution in [1.82, 2.24) is 30.8 Å². The SMILES string of the molecule is COCCNC[C@@]1(COc2nc(N3C[C@H]4CC[C@@](C)(C3)N4)c3cc(F)c(-c4c(C(F)(F)F)c(C)cc5[nH]ncc45)c(F)c3n2)CC1(F)F. The third-order valence-corrected chi connectivity index (χ3v) is 9.83.